The lowest BCUT2D eigenvalue weighted by molar-refractivity contribution is 0.0996. The van der Waals surface area contributed by atoms with E-state index >= 15 is 0 Å². The minimum Gasteiger partial charge on any atom is -0.494 e. The molecule has 0 fully saturated rings. The Hall–Kier alpha value is -2.43. The van der Waals surface area contributed by atoms with E-state index in [2.05, 4.69) is 10.6 Å². The lowest BCUT2D eigenvalue weighted by Crippen LogP contribution is -2.11. The van der Waals surface area contributed by atoms with Gasteiger partial charge in [0.15, 0.2) is 5.76 Å². The van der Waals surface area contributed by atoms with E-state index < -0.39 is 0 Å². The summed E-state index contributed by atoms with van der Waals surface area (Å²) in [4.78, 5) is 11.9. The van der Waals surface area contributed by atoms with Crippen molar-refractivity contribution >= 4 is 17.3 Å². The van der Waals surface area contributed by atoms with Crippen molar-refractivity contribution in [3.8, 4) is 5.75 Å². The second-order valence-electron chi connectivity index (χ2n) is 3.88. The first-order valence-corrected chi connectivity index (χ1v) is 6.01. The highest BCUT2D eigenvalue weighted by Crippen LogP contribution is 2.28. The fourth-order valence-electron chi connectivity index (χ4n) is 1.70. The Morgan fingerprint density at radius 2 is 2.21 bits per heavy atom. The van der Waals surface area contributed by atoms with Gasteiger partial charge >= 0.3 is 0 Å². The molecule has 5 heteroatoms. The van der Waals surface area contributed by atoms with Gasteiger partial charge in [0, 0.05) is 18.3 Å². The smallest absolute Gasteiger partial charge is 0.291 e. The maximum Gasteiger partial charge on any atom is 0.291 e. The maximum atomic E-state index is 11.9. The van der Waals surface area contributed by atoms with E-state index in [0.29, 0.717) is 11.4 Å². The first-order chi connectivity index (χ1) is 9.24. The largest absolute Gasteiger partial charge is 0.494 e. The molecule has 0 spiro atoms. The zero-order chi connectivity index (χ0) is 13.7. The van der Waals surface area contributed by atoms with Crippen molar-refractivity contribution in [2.24, 2.45) is 0 Å². The standard InChI is InChI=1S/C14H16N2O3/c1-3-15-10-6-7-11(13(9-10)18-2)16-14(17)12-5-4-8-19-12/h4-9,15H,3H2,1-2H3,(H,16,17). The molecular weight excluding hydrogens is 244 g/mol. The molecule has 0 saturated carbocycles. The highest BCUT2D eigenvalue weighted by molar-refractivity contribution is 6.03. The average molecular weight is 260 g/mol. The van der Waals surface area contributed by atoms with Crippen molar-refractivity contribution < 1.29 is 13.9 Å². The monoisotopic (exact) mass is 260 g/mol. The topological polar surface area (TPSA) is 63.5 Å². The number of hydrogen-bond donors (Lipinski definition) is 2. The molecule has 0 aliphatic carbocycles. The molecule has 1 amide bonds. The molecule has 1 aromatic heterocycles. The first kappa shape index (κ1) is 13.0. The fourth-order valence-corrected chi connectivity index (χ4v) is 1.70. The Kier molecular flexibility index (Phi) is 4.07. The third-order valence-corrected chi connectivity index (χ3v) is 2.58. The van der Waals surface area contributed by atoms with Gasteiger partial charge in [0.2, 0.25) is 0 Å². The van der Waals surface area contributed by atoms with Gasteiger partial charge in [-0.25, -0.2) is 0 Å². The molecule has 1 heterocycles. The van der Waals surface area contributed by atoms with Crippen LogP contribution in [0.15, 0.2) is 41.0 Å². The van der Waals surface area contributed by atoms with Gasteiger partial charge in [0.1, 0.15) is 5.75 Å². The molecule has 5 nitrogen and oxygen atoms in total. The molecule has 0 aliphatic heterocycles. The third kappa shape index (κ3) is 3.07. The van der Waals surface area contributed by atoms with Crippen LogP contribution in [-0.4, -0.2) is 19.6 Å². The Morgan fingerprint density at radius 3 is 2.84 bits per heavy atom. The van der Waals surface area contributed by atoms with Crippen molar-refractivity contribution in [2.75, 3.05) is 24.3 Å². The highest BCUT2D eigenvalue weighted by atomic mass is 16.5. The highest BCUT2D eigenvalue weighted by Gasteiger charge is 2.12. The van der Waals surface area contributed by atoms with Gasteiger partial charge in [0.05, 0.1) is 19.1 Å². The molecule has 0 unspecified atom stereocenters. The predicted molar refractivity (Wildman–Crippen MR) is 73.8 cm³/mol. The number of rotatable bonds is 5. The third-order valence-electron chi connectivity index (χ3n) is 2.58. The SMILES string of the molecule is CCNc1ccc(NC(=O)c2ccco2)c(OC)c1. The summed E-state index contributed by atoms with van der Waals surface area (Å²) < 4.78 is 10.3. The van der Waals surface area contributed by atoms with E-state index in [4.69, 9.17) is 9.15 Å². The number of amides is 1. The van der Waals surface area contributed by atoms with Crippen molar-refractivity contribution in [1.29, 1.82) is 0 Å². The molecule has 100 valence electrons. The van der Waals surface area contributed by atoms with Crippen molar-refractivity contribution in [2.45, 2.75) is 6.92 Å². The van der Waals surface area contributed by atoms with E-state index in [-0.39, 0.29) is 11.7 Å². The van der Waals surface area contributed by atoms with E-state index in [0.717, 1.165) is 12.2 Å². The Morgan fingerprint density at radius 1 is 1.37 bits per heavy atom. The number of furan rings is 1. The second-order valence-corrected chi connectivity index (χ2v) is 3.88. The minimum absolute atomic E-state index is 0.262. The quantitative estimate of drug-likeness (QED) is 0.867. The van der Waals surface area contributed by atoms with Crippen molar-refractivity contribution in [3.63, 3.8) is 0 Å². The molecule has 2 aromatic rings. The number of ether oxygens (including phenoxy) is 1. The molecule has 0 bridgehead atoms. The summed E-state index contributed by atoms with van der Waals surface area (Å²) in [6.45, 7) is 2.83. The summed E-state index contributed by atoms with van der Waals surface area (Å²) in [6, 6.07) is 8.78. The van der Waals surface area contributed by atoms with E-state index in [1.165, 1.54) is 6.26 Å². The lowest BCUT2D eigenvalue weighted by atomic mass is 10.2. The van der Waals surface area contributed by atoms with Gasteiger partial charge in [-0.15, -0.1) is 0 Å². The summed E-state index contributed by atoms with van der Waals surface area (Å²) in [5.41, 5.74) is 1.54. The lowest BCUT2D eigenvalue weighted by Gasteiger charge is -2.11. The minimum atomic E-state index is -0.306. The summed E-state index contributed by atoms with van der Waals surface area (Å²) >= 11 is 0. The summed E-state index contributed by atoms with van der Waals surface area (Å²) in [5, 5.41) is 5.93. The fraction of sp³-hybridized carbons (Fsp3) is 0.214. The Bertz CT molecular complexity index is 550. The molecule has 2 rings (SSSR count). The maximum absolute atomic E-state index is 11.9. The van der Waals surface area contributed by atoms with Crippen LogP contribution in [0.1, 0.15) is 17.5 Å². The van der Waals surface area contributed by atoms with Crippen LogP contribution in [0.25, 0.3) is 0 Å². The summed E-state index contributed by atoms with van der Waals surface area (Å²) in [5.74, 6) is 0.552. The van der Waals surface area contributed by atoms with Gasteiger partial charge in [-0.2, -0.15) is 0 Å². The molecule has 2 N–H and O–H groups in total. The number of nitrogens with one attached hydrogen (secondary N) is 2. The first-order valence-electron chi connectivity index (χ1n) is 6.01. The number of methoxy groups -OCH3 is 1. The van der Waals surface area contributed by atoms with Gasteiger partial charge in [-0.3, -0.25) is 4.79 Å². The van der Waals surface area contributed by atoms with Crippen molar-refractivity contribution in [3.05, 3.63) is 42.4 Å². The molecule has 0 radical (unpaired) electrons. The summed E-state index contributed by atoms with van der Waals surface area (Å²) in [7, 11) is 1.56. The number of benzene rings is 1. The van der Waals surface area contributed by atoms with Crippen LogP contribution in [0.3, 0.4) is 0 Å². The van der Waals surface area contributed by atoms with E-state index in [1.54, 1.807) is 25.3 Å². The normalized spacial score (nSPS) is 10.0. The zero-order valence-corrected chi connectivity index (χ0v) is 10.9. The van der Waals surface area contributed by atoms with Gasteiger partial charge < -0.3 is 19.8 Å². The van der Waals surface area contributed by atoms with Crippen LogP contribution in [0, 0.1) is 0 Å². The number of hydrogen-bond acceptors (Lipinski definition) is 4. The molecule has 0 aliphatic rings. The molecular formula is C14H16N2O3. The number of carbonyl (C=O) groups is 1. The van der Waals surface area contributed by atoms with Crippen LogP contribution >= 0.6 is 0 Å². The molecule has 0 atom stereocenters. The average Bonchev–Trinajstić information content (AvgIpc) is 2.94. The number of anilines is 2. The van der Waals surface area contributed by atoms with Crippen LogP contribution in [0.4, 0.5) is 11.4 Å². The van der Waals surface area contributed by atoms with Crippen LogP contribution in [0.2, 0.25) is 0 Å². The van der Waals surface area contributed by atoms with Gasteiger partial charge in [-0.05, 0) is 31.2 Å². The molecule has 19 heavy (non-hydrogen) atoms. The van der Waals surface area contributed by atoms with Crippen LogP contribution in [-0.2, 0) is 0 Å². The van der Waals surface area contributed by atoms with Crippen molar-refractivity contribution in [1.82, 2.24) is 0 Å². The zero-order valence-electron chi connectivity index (χ0n) is 10.9. The van der Waals surface area contributed by atoms with Gasteiger partial charge in [0.25, 0.3) is 5.91 Å². The Labute approximate surface area is 111 Å². The summed E-state index contributed by atoms with van der Waals surface area (Å²) in [6.07, 6.45) is 1.46. The second kappa shape index (κ2) is 5.95. The Balaban J connectivity index is 2.18. The van der Waals surface area contributed by atoms with E-state index in [1.807, 2.05) is 19.1 Å². The molecule has 0 saturated heterocycles. The number of carbonyl (C=O) groups excluding carboxylic acids is 1. The van der Waals surface area contributed by atoms with E-state index in [9.17, 15) is 4.79 Å². The van der Waals surface area contributed by atoms with Crippen LogP contribution in [0.5, 0.6) is 5.75 Å². The van der Waals surface area contributed by atoms with Crippen LogP contribution < -0.4 is 15.4 Å². The predicted octanol–water partition coefficient (Wildman–Crippen LogP) is 2.97. The van der Waals surface area contributed by atoms with Gasteiger partial charge in [-0.1, -0.05) is 0 Å². The molecule has 1 aromatic carbocycles.